The maximum atomic E-state index is 15.5. The summed E-state index contributed by atoms with van der Waals surface area (Å²) < 4.78 is 18.8. The number of benzene rings is 5. The number of ether oxygens (including phenoxy) is 3. The molecule has 11 nitrogen and oxygen atoms in total. The normalized spacial score (nSPS) is 20.5. The number of fused-ring (bicyclic) bond motifs is 5. The molecule has 4 N–H and O–H groups in total. The van der Waals surface area contributed by atoms with Gasteiger partial charge in [-0.25, -0.2) is 0 Å². The lowest BCUT2D eigenvalue weighted by Gasteiger charge is -2.32. The zero-order chi connectivity index (χ0) is 38.4. The molecular formula is C42H43N3O8S2. The maximum absolute atomic E-state index is 15.5. The third-order valence-corrected chi connectivity index (χ3v) is 14.3. The third-order valence-electron chi connectivity index (χ3n) is 12.2. The van der Waals surface area contributed by atoms with Crippen molar-refractivity contribution in [3.8, 4) is 17.2 Å². The standard InChI is InChI=1S/C42H43N3O8S2/c1-17-16-21-24-25-27-30(40(53-5)42-35(44-13-15-55-42)32(27)37(50)38(51-3)28(25)23(17)18(2)46)29-26(24)31(34-41(39(29)52-4)54-14-12-43-34)36(49)33(21)45-20-9-6-19(7-10-20)8-11-22(47)48/h16,19-20,23,43-45H,6-15H2,1-5H3,(H,47,48). The Balaban J connectivity index is 1.50. The van der Waals surface area contributed by atoms with Crippen LogP contribution in [0.3, 0.4) is 0 Å². The first-order valence-corrected chi connectivity index (χ1v) is 20.9. The third kappa shape index (κ3) is 5.17. The van der Waals surface area contributed by atoms with E-state index in [-0.39, 0.29) is 34.9 Å². The van der Waals surface area contributed by atoms with Crippen molar-refractivity contribution in [2.24, 2.45) is 5.92 Å². The molecule has 286 valence electrons. The predicted molar refractivity (Wildman–Crippen MR) is 223 cm³/mol. The molecule has 2 heterocycles. The first-order valence-electron chi connectivity index (χ1n) is 18.9. The van der Waals surface area contributed by atoms with E-state index in [1.54, 1.807) is 44.7 Å². The molecule has 0 amide bonds. The second-order valence-electron chi connectivity index (χ2n) is 15.1. The van der Waals surface area contributed by atoms with E-state index >= 15 is 9.59 Å². The Kier molecular flexibility index (Phi) is 8.88. The molecule has 2 aliphatic heterocycles. The SMILES string of the molecule is COc1c2c3c4c(c(NC5CCC(CCC(=O)O)CC5)c(=O)c5c6c(c(OC)c(c7c(OC)c8c(c(c1=O)c73)NCCS8)c54)SCCN6)C=C(C)C2C(C)=O. The molecule has 13 heteroatoms. The van der Waals surface area contributed by atoms with Crippen LogP contribution >= 0.6 is 23.5 Å². The molecule has 9 rings (SSSR count). The fourth-order valence-electron chi connectivity index (χ4n) is 9.97. The largest absolute Gasteiger partial charge is 0.495 e. The van der Waals surface area contributed by atoms with Crippen LogP contribution in [0, 0.1) is 5.92 Å². The summed E-state index contributed by atoms with van der Waals surface area (Å²) in [7, 11) is 4.77. The molecule has 55 heavy (non-hydrogen) atoms. The minimum Gasteiger partial charge on any atom is -0.495 e. The minimum atomic E-state index is -0.816. The number of carboxylic acids is 1. The van der Waals surface area contributed by atoms with Crippen LogP contribution in [-0.2, 0) is 9.59 Å². The molecule has 5 aromatic rings. The summed E-state index contributed by atoms with van der Waals surface area (Å²) in [6.07, 6.45) is 6.07. The summed E-state index contributed by atoms with van der Waals surface area (Å²) >= 11 is 3.26. The number of ketones is 1. The highest BCUT2D eigenvalue weighted by atomic mass is 32.2. The van der Waals surface area contributed by atoms with Crippen molar-refractivity contribution < 1.29 is 28.9 Å². The number of carboxylic acid groups (broad SMARTS) is 1. The van der Waals surface area contributed by atoms with E-state index in [0.717, 1.165) is 58.1 Å². The number of aliphatic carboxylic acids is 1. The first kappa shape index (κ1) is 36.0. The van der Waals surface area contributed by atoms with Gasteiger partial charge in [0.2, 0.25) is 10.9 Å². The second-order valence-corrected chi connectivity index (χ2v) is 17.4. The monoisotopic (exact) mass is 781 g/mol. The topological polar surface area (TPSA) is 152 Å². The van der Waals surface area contributed by atoms with Crippen molar-refractivity contribution in [2.75, 3.05) is 61.9 Å². The van der Waals surface area contributed by atoms with Crippen LogP contribution in [-0.4, -0.2) is 68.8 Å². The van der Waals surface area contributed by atoms with Gasteiger partial charge in [-0.2, -0.15) is 0 Å². The van der Waals surface area contributed by atoms with Gasteiger partial charge in [0.25, 0.3) is 0 Å². The Labute approximate surface area is 325 Å². The van der Waals surface area contributed by atoms with Crippen LogP contribution in [0.25, 0.3) is 49.2 Å². The summed E-state index contributed by atoms with van der Waals surface area (Å²) in [5.41, 5.74) is 3.28. The average molecular weight is 782 g/mol. The van der Waals surface area contributed by atoms with Gasteiger partial charge in [-0.3, -0.25) is 19.2 Å². The number of anilines is 3. The summed E-state index contributed by atoms with van der Waals surface area (Å²) in [6, 6.07) is -0.0200. The molecule has 1 atom stereocenters. The maximum Gasteiger partial charge on any atom is 0.303 e. The van der Waals surface area contributed by atoms with Crippen LogP contribution in [0.2, 0.25) is 0 Å². The molecule has 1 saturated carbocycles. The lowest BCUT2D eigenvalue weighted by molar-refractivity contribution is -0.137. The fourth-order valence-corrected chi connectivity index (χ4v) is 12.1. The Morgan fingerprint density at radius 2 is 1.35 bits per heavy atom. The molecule has 0 aromatic heterocycles. The highest BCUT2D eigenvalue weighted by molar-refractivity contribution is 8.00. The van der Waals surface area contributed by atoms with Gasteiger partial charge < -0.3 is 35.3 Å². The molecule has 4 aliphatic rings. The number of methoxy groups -OCH3 is 3. The van der Waals surface area contributed by atoms with Crippen molar-refractivity contribution in [1.29, 1.82) is 0 Å². The van der Waals surface area contributed by atoms with Gasteiger partial charge in [0.15, 0.2) is 5.75 Å². The summed E-state index contributed by atoms with van der Waals surface area (Å²) in [4.78, 5) is 57.4. The van der Waals surface area contributed by atoms with Crippen molar-refractivity contribution in [1.82, 2.24) is 0 Å². The number of hydrogen-bond donors (Lipinski definition) is 4. The van der Waals surface area contributed by atoms with Gasteiger partial charge in [0, 0.05) is 75.1 Å². The Bertz CT molecular complexity index is 2640. The quantitative estimate of drug-likeness (QED) is 0.0849. The number of carbonyl (C=O) groups excluding carboxylic acids is 1. The van der Waals surface area contributed by atoms with Crippen molar-refractivity contribution in [3.63, 3.8) is 0 Å². The Morgan fingerprint density at radius 3 is 1.89 bits per heavy atom. The minimum absolute atomic E-state index is 0.0200. The molecule has 0 saturated heterocycles. The predicted octanol–water partition coefficient (Wildman–Crippen LogP) is 7.88. The fraction of sp³-hybridized carbons (Fsp3) is 0.429. The van der Waals surface area contributed by atoms with Crippen molar-refractivity contribution >= 4 is 102 Å². The van der Waals surface area contributed by atoms with Crippen molar-refractivity contribution in [3.05, 3.63) is 37.1 Å². The Morgan fingerprint density at radius 1 is 0.782 bits per heavy atom. The number of carbonyl (C=O) groups is 2. The molecule has 0 radical (unpaired) electrons. The number of rotatable bonds is 9. The molecule has 2 aliphatic carbocycles. The van der Waals surface area contributed by atoms with Gasteiger partial charge in [0.05, 0.1) is 64.9 Å². The van der Waals surface area contributed by atoms with Gasteiger partial charge in [-0.05, 0) is 57.3 Å². The van der Waals surface area contributed by atoms with E-state index in [1.165, 1.54) is 7.11 Å². The average Bonchev–Trinajstić information content (AvgIpc) is 3.31. The smallest absolute Gasteiger partial charge is 0.303 e. The van der Waals surface area contributed by atoms with E-state index in [0.29, 0.717) is 103 Å². The van der Waals surface area contributed by atoms with Gasteiger partial charge >= 0.3 is 5.97 Å². The van der Waals surface area contributed by atoms with Gasteiger partial charge in [-0.1, -0.05) is 11.6 Å². The van der Waals surface area contributed by atoms with E-state index in [2.05, 4.69) is 16.0 Å². The van der Waals surface area contributed by atoms with E-state index in [4.69, 9.17) is 14.2 Å². The van der Waals surface area contributed by atoms with E-state index in [9.17, 15) is 14.7 Å². The zero-order valence-corrected chi connectivity index (χ0v) is 33.1. The first-order chi connectivity index (χ1) is 26.6. The summed E-state index contributed by atoms with van der Waals surface area (Å²) in [5.74, 6) is 1.43. The van der Waals surface area contributed by atoms with Gasteiger partial charge in [0.1, 0.15) is 17.3 Å². The lowest BCUT2D eigenvalue weighted by Crippen LogP contribution is -2.29. The van der Waals surface area contributed by atoms with Crippen LogP contribution in [0.4, 0.5) is 17.1 Å². The molecule has 1 unspecified atom stereocenters. The number of Topliss-reactive ketones (excluding diaryl/α,β-unsaturated/α-hetero) is 1. The number of hydrogen-bond acceptors (Lipinski definition) is 12. The second kappa shape index (κ2) is 13.5. The van der Waals surface area contributed by atoms with E-state index in [1.807, 2.05) is 13.0 Å². The number of nitrogens with one attached hydrogen (secondary N) is 3. The highest BCUT2D eigenvalue weighted by Crippen LogP contribution is 2.60. The Hall–Kier alpha value is -4.62. The summed E-state index contributed by atoms with van der Waals surface area (Å²) in [6.45, 7) is 4.74. The molecule has 0 bridgehead atoms. The van der Waals surface area contributed by atoms with Crippen LogP contribution in [0.15, 0.2) is 25.0 Å². The lowest BCUT2D eigenvalue weighted by atomic mass is 9.80. The van der Waals surface area contributed by atoms with Crippen molar-refractivity contribution in [2.45, 2.75) is 74.1 Å². The summed E-state index contributed by atoms with van der Waals surface area (Å²) in [5, 5.41) is 25.3. The van der Waals surface area contributed by atoms with Crippen LogP contribution < -0.4 is 41.0 Å². The highest BCUT2D eigenvalue weighted by Gasteiger charge is 2.40. The molecule has 1 fully saturated rings. The molecule has 5 aromatic carbocycles. The number of thioether (sulfide) groups is 2. The number of allylic oxidation sites excluding steroid dienone is 1. The molecule has 0 spiro atoms. The van der Waals surface area contributed by atoms with E-state index < -0.39 is 11.9 Å². The zero-order valence-electron chi connectivity index (χ0n) is 31.5. The van der Waals surface area contributed by atoms with Crippen LogP contribution in [0.1, 0.15) is 69.4 Å². The van der Waals surface area contributed by atoms with Gasteiger partial charge in [-0.15, -0.1) is 23.5 Å². The van der Waals surface area contributed by atoms with Crippen LogP contribution in [0.5, 0.6) is 17.2 Å². The molecular weight excluding hydrogens is 739 g/mol.